The van der Waals surface area contributed by atoms with Gasteiger partial charge in [-0.3, -0.25) is 9.69 Å². The molecule has 1 aromatic heterocycles. The van der Waals surface area contributed by atoms with Crippen molar-refractivity contribution >= 4 is 17.2 Å². The molecule has 1 saturated heterocycles. The minimum Gasteiger partial charge on any atom is -0.493 e. The van der Waals surface area contributed by atoms with E-state index in [1.807, 2.05) is 28.9 Å². The molecule has 4 rings (SSSR count). The van der Waals surface area contributed by atoms with E-state index in [-0.39, 0.29) is 17.2 Å². The molecule has 6 nitrogen and oxygen atoms in total. The van der Waals surface area contributed by atoms with E-state index in [0.717, 1.165) is 56.1 Å². The number of aromatic nitrogens is 1. The lowest BCUT2D eigenvalue weighted by molar-refractivity contribution is -0.133. The molecule has 0 unspecified atom stereocenters. The summed E-state index contributed by atoms with van der Waals surface area (Å²) in [6.45, 7) is 3.58. The fraction of sp³-hybridized carbons (Fsp3) is 0.545. The molecule has 7 heteroatoms. The summed E-state index contributed by atoms with van der Waals surface area (Å²) in [5.74, 6) is 2.00. The van der Waals surface area contributed by atoms with Gasteiger partial charge in [0, 0.05) is 24.9 Å². The van der Waals surface area contributed by atoms with Gasteiger partial charge in [0.25, 0.3) is 0 Å². The molecular weight excluding hydrogens is 386 g/mol. The summed E-state index contributed by atoms with van der Waals surface area (Å²) >= 11 is 1.57. The van der Waals surface area contributed by atoms with Crippen LogP contribution in [0.1, 0.15) is 30.5 Å². The monoisotopic (exact) mass is 415 g/mol. The molecule has 1 aliphatic carbocycles. The Bertz CT molecular complexity index is 847. The molecule has 156 valence electrons. The van der Waals surface area contributed by atoms with Crippen molar-refractivity contribution in [1.29, 1.82) is 0 Å². The predicted octanol–water partition coefficient (Wildman–Crippen LogP) is 3.42. The van der Waals surface area contributed by atoms with Crippen LogP contribution < -0.4 is 9.47 Å². The smallest absolute Gasteiger partial charge is 0.226 e. The molecule has 0 N–H and O–H groups in total. The summed E-state index contributed by atoms with van der Waals surface area (Å²) in [5, 5.41) is 2.01. The van der Waals surface area contributed by atoms with Crippen LogP contribution in [0.4, 0.5) is 0 Å². The van der Waals surface area contributed by atoms with Crippen LogP contribution >= 0.6 is 11.3 Å². The maximum absolute atomic E-state index is 12.9. The third-order valence-corrected chi connectivity index (χ3v) is 7.09. The maximum Gasteiger partial charge on any atom is 0.226 e. The first-order valence-corrected chi connectivity index (χ1v) is 11.0. The van der Waals surface area contributed by atoms with Crippen molar-refractivity contribution < 1.29 is 14.3 Å². The van der Waals surface area contributed by atoms with Gasteiger partial charge in [-0.1, -0.05) is 6.07 Å². The molecule has 0 bridgehead atoms. The third-order valence-electron chi connectivity index (χ3n) is 6.45. The summed E-state index contributed by atoms with van der Waals surface area (Å²) in [4.78, 5) is 21.5. The Balaban J connectivity index is 1.29. The van der Waals surface area contributed by atoms with Crippen LogP contribution in [-0.4, -0.2) is 55.0 Å². The largest absolute Gasteiger partial charge is 0.493 e. The van der Waals surface area contributed by atoms with Gasteiger partial charge in [-0.15, -0.1) is 11.3 Å². The number of benzene rings is 1. The number of carbonyl (C=O) groups excluding carboxylic acids is 1. The second-order valence-electron chi connectivity index (χ2n) is 8.26. The minimum atomic E-state index is 0.189. The molecule has 1 spiro atoms. The van der Waals surface area contributed by atoms with Crippen LogP contribution in [0, 0.1) is 11.3 Å². The molecule has 2 aliphatic rings. The van der Waals surface area contributed by atoms with Crippen LogP contribution in [0.5, 0.6) is 11.5 Å². The van der Waals surface area contributed by atoms with Gasteiger partial charge in [-0.25, -0.2) is 4.98 Å². The highest BCUT2D eigenvalue weighted by molar-refractivity contribution is 7.07. The topological polar surface area (TPSA) is 54.9 Å². The summed E-state index contributed by atoms with van der Waals surface area (Å²) in [6, 6.07) is 6.12. The average Bonchev–Trinajstić information content (AvgIpc) is 3.18. The van der Waals surface area contributed by atoms with E-state index in [4.69, 9.17) is 9.47 Å². The van der Waals surface area contributed by atoms with Gasteiger partial charge >= 0.3 is 0 Å². The number of thiazole rings is 1. The quantitative estimate of drug-likeness (QED) is 0.694. The zero-order chi connectivity index (χ0) is 20.4. The van der Waals surface area contributed by atoms with Gasteiger partial charge in [0.1, 0.15) is 0 Å². The number of piperidine rings is 1. The Morgan fingerprint density at radius 2 is 2.03 bits per heavy atom. The van der Waals surface area contributed by atoms with E-state index >= 15 is 0 Å². The highest BCUT2D eigenvalue weighted by Gasteiger charge is 2.58. The number of likely N-dealkylation sites (tertiary alicyclic amines) is 1. The number of amides is 1. The molecular formula is C22H29N3O3S. The molecule has 1 amide bonds. The van der Waals surface area contributed by atoms with Crippen LogP contribution in [-0.2, 0) is 17.9 Å². The van der Waals surface area contributed by atoms with Crippen molar-refractivity contribution in [2.24, 2.45) is 11.3 Å². The van der Waals surface area contributed by atoms with Gasteiger partial charge in [-0.2, -0.15) is 0 Å². The third kappa shape index (κ3) is 4.26. The fourth-order valence-electron chi connectivity index (χ4n) is 4.55. The Hall–Kier alpha value is -2.12. The van der Waals surface area contributed by atoms with Gasteiger partial charge in [0.05, 0.1) is 32.0 Å². The predicted molar refractivity (Wildman–Crippen MR) is 113 cm³/mol. The van der Waals surface area contributed by atoms with Gasteiger partial charge < -0.3 is 14.4 Å². The van der Waals surface area contributed by atoms with Gasteiger partial charge in [0.2, 0.25) is 5.91 Å². The van der Waals surface area contributed by atoms with Crippen molar-refractivity contribution in [2.75, 3.05) is 34.4 Å². The van der Waals surface area contributed by atoms with E-state index in [1.54, 1.807) is 25.6 Å². The van der Waals surface area contributed by atoms with Crippen LogP contribution in [0.2, 0.25) is 0 Å². The molecule has 2 fully saturated rings. The van der Waals surface area contributed by atoms with E-state index in [1.165, 1.54) is 5.56 Å². The number of hydrogen-bond donors (Lipinski definition) is 0. The van der Waals surface area contributed by atoms with E-state index in [9.17, 15) is 4.79 Å². The van der Waals surface area contributed by atoms with Gasteiger partial charge in [0.15, 0.2) is 11.5 Å². The number of rotatable bonds is 7. The summed E-state index contributed by atoms with van der Waals surface area (Å²) < 4.78 is 10.7. The Morgan fingerprint density at radius 1 is 1.28 bits per heavy atom. The molecule has 29 heavy (non-hydrogen) atoms. The first kappa shape index (κ1) is 20.2. The van der Waals surface area contributed by atoms with Crippen LogP contribution in [0.15, 0.2) is 29.1 Å². The summed E-state index contributed by atoms with van der Waals surface area (Å²) in [5.41, 5.74) is 4.25. The van der Waals surface area contributed by atoms with Crippen molar-refractivity contribution in [1.82, 2.24) is 14.8 Å². The zero-order valence-corrected chi connectivity index (χ0v) is 18.2. The molecule has 0 radical (unpaired) electrons. The Kier molecular flexibility index (Phi) is 5.79. The van der Waals surface area contributed by atoms with E-state index in [2.05, 4.69) is 22.0 Å². The van der Waals surface area contributed by atoms with E-state index < -0.39 is 0 Å². The van der Waals surface area contributed by atoms with Gasteiger partial charge in [-0.05, 0) is 55.5 Å². The van der Waals surface area contributed by atoms with Crippen LogP contribution in [0.3, 0.4) is 0 Å². The number of methoxy groups -OCH3 is 2. The fourth-order valence-corrected chi connectivity index (χ4v) is 5.10. The summed E-state index contributed by atoms with van der Waals surface area (Å²) in [6.07, 6.45) is 3.24. The van der Waals surface area contributed by atoms with Crippen molar-refractivity contribution in [3.63, 3.8) is 0 Å². The van der Waals surface area contributed by atoms with Crippen LogP contribution in [0.25, 0.3) is 0 Å². The Labute approximate surface area is 176 Å². The SMILES string of the molecule is COc1ccc(CN2CCC3(CC2)C[C@@H]3C(=O)N(C)Cc2cscn2)cc1OC. The van der Waals surface area contributed by atoms with E-state index in [0.29, 0.717) is 6.54 Å². The molecule has 2 heterocycles. The zero-order valence-electron chi connectivity index (χ0n) is 17.4. The number of nitrogens with zero attached hydrogens (tertiary/aromatic N) is 3. The van der Waals surface area contributed by atoms with Crippen molar-refractivity contribution in [2.45, 2.75) is 32.4 Å². The molecule has 2 aromatic rings. The molecule has 1 aliphatic heterocycles. The summed E-state index contributed by atoms with van der Waals surface area (Å²) in [7, 11) is 5.23. The highest BCUT2D eigenvalue weighted by Crippen LogP contribution is 2.60. The first-order valence-electron chi connectivity index (χ1n) is 10.1. The standard InChI is InChI=1S/C22H29N3O3S/c1-24(13-17-14-29-15-23-17)21(26)18-11-22(18)6-8-25(9-7-22)12-16-4-5-19(27-2)20(10-16)28-3/h4-5,10,14-15,18H,6-9,11-13H2,1-3H3/t18-/m1/s1. The Morgan fingerprint density at radius 3 is 2.69 bits per heavy atom. The first-order chi connectivity index (χ1) is 14.0. The average molecular weight is 416 g/mol. The highest BCUT2D eigenvalue weighted by atomic mass is 32.1. The van der Waals surface area contributed by atoms with Crippen molar-refractivity contribution in [3.8, 4) is 11.5 Å². The number of hydrogen-bond acceptors (Lipinski definition) is 6. The second-order valence-corrected chi connectivity index (χ2v) is 8.98. The lowest BCUT2D eigenvalue weighted by Gasteiger charge is -2.33. The lowest BCUT2D eigenvalue weighted by Crippen LogP contribution is -2.37. The van der Waals surface area contributed by atoms with Crippen molar-refractivity contribution in [3.05, 3.63) is 40.3 Å². The lowest BCUT2D eigenvalue weighted by atomic mass is 9.90. The number of carbonyl (C=O) groups is 1. The molecule has 1 aromatic carbocycles. The molecule has 1 atom stereocenters. The normalized spacial score (nSPS) is 20.4. The minimum absolute atomic E-state index is 0.189. The number of ether oxygens (including phenoxy) is 2. The maximum atomic E-state index is 12.9. The molecule has 1 saturated carbocycles. The second kappa shape index (κ2) is 8.32.